The Balaban J connectivity index is 1.40. The summed E-state index contributed by atoms with van der Waals surface area (Å²) in [5.41, 5.74) is 2.24. The van der Waals surface area contributed by atoms with Crippen LogP contribution in [0.5, 0.6) is 0 Å². The summed E-state index contributed by atoms with van der Waals surface area (Å²) in [5.74, 6) is 0.132. The molecule has 1 aliphatic rings. The molecule has 2 aromatic heterocycles. The summed E-state index contributed by atoms with van der Waals surface area (Å²) in [4.78, 5) is 37.3. The fourth-order valence-electron chi connectivity index (χ4n) is 3.42. The van der Waals surface area contributed by atoms with Crippen LogP contribution in [-0.4, -0.2) is 39.8 Å². The highest BCUT2D eigenvalue weighted by molar-refractivity contribution is 5.98. The Kier molecular flexibility index (Phi) is 5.79. The van der Waals surface area contributed by atoms with Gasteiger partial charge in [-0.1, -0.05) is 18.2 Å². The van der Waals surface area contributed by atoms with E-state index in [0.717, 1.165) is 11.3 Å². The van der Waals surface area contributed by atoms with Crippen molar-refractivity contribution >= 4 is 17.6 Å². The number of Topliss-reactive ketones (excluding diaryl/α,β-unsaturated/α-hetero) is 1. The normalized spacial score (nSPS) is 13.7. The Bertz CT molecular complexity index is 1040. The van der Waals surface area contributed by atoms with E-state index in [-0.39, 0.29) is 17.6 Å². The number of hydrogen-bond donors (Lipinski definition) is 0. The number of nitrogens with zero attached hydrogens (tertiary/aromatic N) is 4. The van der Waals surface area contributed by atoms with Gasteiger partial charge in [0.25, 0.3) is 0 Å². The van der Waals surface area contributed by atoms with Crippen molar-refractivity contribution in [3.8, 4) is 0 Å². The van der Waals surface area contributed by atoms with Crippen molar-refractivity contribution in [3.63, 3.8) is 0 Å². The molecule has 2 amide bonds. The number of benzene rings is 1. The topological polar surface area (TPSA) is 66.4 Å². The molecule has 0 radical (unpaired) electrons. The van der Waals surface area contributed by atoms with E-state index in [1.165, 1.54) is 12.1 Å². The highest BCUT2D eigenvalue weighted by Crippen LogP contribution is 2.21. The van der Waals surface area contributed by atoms with Gasteiger partial charge in [-0.15, -0.1) is 0 Å². The monoisotopic (exact) mass is 404 g/mol. The maximum atomic E-state index is 13.0. The Morgan fingerprint density at radius 2 is 1.83 bits per heavy atom. The summed E-state index contributed by atoms with van der Waals surface area (Å²) in [6.07, 6.45) is 4.08. The number of pyridine rings is 2. The number of ketones is 1. The van der Waals surface area contributed by atoms with E-state index >= 15 is 0 Å². The average molecular weight is 404 g/mol. The Labute approximate surface area is 174 Å². The van der Waals surface area contributed by atoms with Crippen molar-refractivity contribution in [2.75, 3.05) is 18.0 Å². The van der Waals surface area contributed by atoms with Crippen LogP contribution in [0, 0.1) is 5.82 Å². The fraction of sp³-hybridized carbons (Fsp3) is 0.217. The van der Waals surface area contributed by atoms with Gasteiger partial charge >= 0.3 is 6.03 Å². The molecule has 6 nitrogen and oxygen atoms in total. The van der Waals surface area contributed by atoms with Crippen LogP contribution in [0.4, 0.5) is 15.0 Å². The van der Waals surface area contributed by atoms with Crippen molar-refractivity contribution in [2.24, 2.45) is 0 Å². The molecule has 0 saturated carbocycles. The number of aromatic nitrogens is 2. The second-order valence-electron chi connectivity index (χ2n) is 7.13. The standard InChI is InChI=1S/C23H21FN4O2/c24-19-7-4-17(5-8-19)6-9-21(29)18-10-12-26-22(15-18)28-14-13-27(23(28)30)16-20-3-1-2-11-25-20/h1-5,7-8,10-12,15H,6,9,13-14,16H2. The molecule has 7 heteroatoms. The van der Waals surface area contributed by atoms with E-state index in [0.29, 0.717) is 43.9 Å². The Morgan fingerprint density at radius 1 is 1.00 bits per heavy atom. The van der Waals surface area contributed by atoms with Gasteiger partial charge in [-0.3, -0.25) is 14.7 Å². The van der Waals surface area contributed by atoms with Crippen LogP contribution in [0.2, 0.25) is 0 Å². The van der Waals surface area contributed by atoms with E-state index in [1.807, 2.05) is 18.2 Å². The largest absolute Gasteiger partial charge is 0.326 e. The fourth-order valence-corrected chi connectivity index (χ4v) is 3.42. The number of aryl methyl sites for hydroxylation is 1. The lowest BCUT2D eigenvalue weighted by Crippen LogP contribution is -2.32. The van der Waals surface area contributed by atoms with Gasteiger partial charge in [0.2, 0.25) is 0 Å². The number of carbonyl (C=O) groups excluding carboxylic acids is 2. The molecule has 0 unspecified atom stereocenters. The van der Waals surface area contributed by atoms with Crippen LogP contribution < -0.4 is 4.90 Å². The molecular formula is C23H21FN4O2. The molecule has 1 aliphatic heterocycles. The molecule has 4 rings (SSSR count). The molecule has 0 atom stereocenters. The summed E-state index contributed by atoms with van der Waals surface area (Å²) in [6, 6.07) is 14.9. The third-order valence-corrected chi connectivity index (χ3v) is 5.07. The molecule has 30 heavy (non-hydrogen) atoms. The number of halogens is 1. The zero-order valence-corrected chi connectivity index (χ0v) is 16.4. The van der Waals surface area contributed by atoms with Gasteiger partial charge in [-0.25, -0.2) is 14.2 Å². The summed E-state index contributed by atoms with van der Waals surface area (Å²) < 4.78 is 13.0. The molecule has 152 valence electrons. The van der Waals surface area contributed by atoms with Crippen LogP contribution in [0.1, 0.15) is 28.0 Å². The van der Waals surface area contributed by atoms with Gasteiger partial charge < -0.3 is 4.90 Å². The zero-order valence-electron chi connectivity index (χ0n) is 16.4. The molecule has 1 aromatic carbocycles. The number of carbonyl (C=O) groups is 2. The third kappa shape index (κ3) is 4.51. The third-order valence-electron chi connectivity index (χ3n) is 5.07. The van der Waals surface area contributed by atoms with Crippen LogP contribution in [-0.2, 0) is 13.0 Å². The summed E-state index contributed by atoms with van der Waals surface area (Å²) in [7, 11) is 0. The molecule has 0 N–H and O–H groups in total. The first-order chi connectivity index (χ1) is 14.6. The number of anilines is 1. The highest BCUT2D eigenvalue weighted by atomic mass is 19.1. The van der Waals surface area contributed by atoms with E-state index < -0.39 is 0 Å². The summed E-state index contributed by atoms with van der Waals surface area (Å²) in [6.45, 7) is 1.51. The lowest BCUT2D eigenvalue weighted by Gasteiger charge is -2.18. The van der Waals surface area contributed by atoms with Crippen LogP contribution in [0.25, 0.3) is 0 Å². The average Bonchev–Trinajstić information content (AvgIpc) is 3.14. The Hall–Kier alpha value is -3.61. The van der Waals surface area contributed by atoms with Crippen molar-refractivity contribution in [3.05, 3.63) is 89.6 Å². The number of amides is 2. The minimum Gasteiger partial charge on any atom is -0.317 e. The van der Waals surface area contributed by atoms with Gasteiger partial charge in [0, 0.05) is 37.5 Å². The van der Waals surface area contributed by atoms with Crippen LogP contribution in [0.15, 0.2) is 67.0 Å². The van der Waals surface area contributed by atoms with E-state index in [9.17, 15) is 14.0 Å². The molecule has 1 saturated heterocycles. The highest BCUT2D eigenvalue weighted by Gasteiger charge is 2.30. The molecule has 1 fully saturated rings. The van der Waals surface area contributed by atoms with Gasteiger partial charge in [0.1, 0.15) is 11.6 Å². The predicted octanol–water partition coefficient (Wildman–Crippen LogP) is 3.87. The first-order valence-electron chi connectivity index (χ1n) is 9.80. The molecule has 0 aliphatic carbocycles. The molecule has 0 spiro atoms. The van der Waals surface area contributed by atoms with Gasteiger partial charge in [-0.2, -0.15) is 0 Å². The van der Waals surface area contributed by atoms with Crippen molar-refractivity contribution in [1.82, 2.24) is 14.9 Å². The van der Waals surface area contributed by atoms with Crippen molar-refractivity contribution in [1.29, 1.82) is 0 Å². The zero-order chi connectivity index (χ0) is 20.9. The first-order valence-corrected chi connectivity index (χ1v) is 9.80. The predicted molar refractivity (Wildman–Crippen MR) is 111 cm³/mol. The molecular weight excluding hydrogens is 383 g/mol. The molecule has 3 aromatic rings. The van der Waals surface area contributed by atoms with E-state index in [1.54, 1.807) is 46.5 Å². The smallest absolute Gasteiger partial charge is 0.317 e. The van der Waals surface area contributed by atoms with E-state index in [2.05, 4.69) is 9.97 Å². The molecule has 3 heterocycles. The first kappa shape index (κ1) is 19.7. The summed E-state index contributed by atoms with van der Waals surface area (Å²) >= 11 is 0. The molecule has 0 bridgehead atoms. The number of rotatable bonds is 7. The van der Waals surface area contributed by atoms with Crippen LogP contribution in [0.3, 0.4) is 0 Å². The number of urea groups is 1. The second-order valence-corrected chi connectivity index (χ2v) is 7.13. The number of hydrogen-bond acceptors (Lipinski definition) is 4. The maximum Gasteiger partial charge on any atom is 0.326 e. The maximum absolute atomic E-state index is 13.0. The summed E-state index contributed by atoms with van der Waals surface area (Å²) in [5, 5.41) is 0. The van der Waals surface area contributed by atoms with Gasteiger partial charge in [0.05, 0.1) is 12.2 Å². The SMILES string of the molecule is O=C(CCc1ccc(F)cc1)c1ccnc(N2CCN(Cc3ccccn3)C2=O)c1. The lowest BCUT2D eigenvalue weighted by atomic mass is 10.0. The second kappa shape index (κ2) is 8.82. The minimum absolute atomic E-state index is 0.0417. The Morgan fingerprint density at radius 3 is 2.60 bits per heavy atom. The van der Waals surface area contributed by atoms with Crippen LogP contribution >= 0.6 is 0 Å². The quantitative estimate of drug-likeness (QED) is 0.561. The van der Waals surface area contributed by atoms with Crippen molar-refractivity contribution < 1.29 is 14.0 Å². The minimum atomic E-state index is -0.295. The van der Waals surface area contributed by atoms with Crippen molar-refractivity contribution in [2.45, 2.75) is 19.4 Å². The van der Waals surface area contributed by atoms with Gasteiger partial charge in [0.15, 0.2) is 5.78 Å². The van der Waals surface area contributed by atoms with Gasteiger partial charge in [-0.05, 0) is 48.4 Å². The van der Waals surface area contributed by atoms with E-state index in [4.69, 9.17) is 0 Å². The lowest BCUT2D eigenvalue weighted by molar-refractivity contribution is 0.0982.